The number of hydrogen-bond acceptors (Lipinski definition) is 5. The van der Waals surface area contributed by atoms with Crippen molar-refractivity contribution in [2.45, 2.75) is 31.5 Å². The molecule has 1 aromatic rings. The number of piperidine rings is 1. The van der Waals surface area contributed by atoms with E-state index in [0.29, 0.717) is 32.5 Å². The minimum absolute atomic E-state index is 0.188. The van der Waals surface area contributed by atoms with Gasteiger partial charge in [-0.1, -0.05) is 0 Å². The Morgan fingerprint density at radius 2 is 2.00 bits per heavy atom. The average molecular weight is 386 g/mol. The highest BCUT2D eigenvalue weighted by Crippen LogP contribution is 2.38. The molecule has 0 unspecified atom stereocenters. The smallest absolute Gasteiger partial charge is 0.380 e. The minimum atomic E-state index is -4.59. The summed E-state index contributed by atoms with van der Waals surface area (Å²) in [6.07, 6.45) is -2.86. The van der Waals surface area contributed by atoms with E-state index in [9.17, 15) is 22.8 Å². The SMILES string of the molecule is CCOCCN1C(=O)N(c2cc(C(F)(F)F)ccn2)C(=O)C12CCNCC2. The van der Waals surface area contributed by atoms with Crippen molar-refractivity contribution in [3.63, 3.8) is 0 Å². The Labute approximate surface area is 154 Å². The third-order valence-electron chi connectivity index (χ3n) is 4.94. The molecule has 0 radical (unpaired) electrons. The summed E-state index contributed by atoms with van der Waals surface area (Å²) in [5, 5.41) is 3.14. The monoisotopic (exact) mass is 386 g/mol. The van der Waals surface area contributed by atoms with Gasteiger partial charge in [-0.3, -0.25) is 4.79 Å². The lowest BCUT2D eigenvalue weighted by atomic mass is 9.86. The van der Waals surface area contributed by atoms with E-state index < -0.39 is 29.2 Å². The standard InChI is InChI=1S/C17H21F3N4O3/c1-2-27-10-9-23-15(26)24(14(25)16(23)4-7-21-8-5-16)13-11-12(3-6-22-13)17(18,19)20/h3,6,11,21H,2,4-5,7-10H2,1H3. The van der Waals surface area contributed by atoms with Crippen LogP contribution in [-0.4, -0.2) is 60.2 Å². The van der Waals surface area contributed by atoms with Crippen molar-refractivity contribution in [1.29, 1.82) is 0 Å². The van der Waals surface area contributed by atoms with Gasteiger partial charge in [0, 0.05) is 19.3 Å². The molecule has 0 aliphatic carbocycles. The molecule has 1 spiro atoms. The van der Waals surface area contributed by atoms with Gasteiger partial charge in [0.2, 0.25) is 0 Å². The highest BCUT2D eigenvalue weighted by atomic mass is 19.4. The number of rotatable bonds is 5. The van der Waals surface area contributed by atoms with Crippen molar-refractivity contribution in [1.82, 2.24) is 15.2 Å². The van der Waals surface area contributed by atoms with Crippen molar-refractivity contribution in [2.24, 2.45) is 0 Å². The predicted octanol–water partition coefficient (Wildman–Crippen LogP) is 2.03. The molecule has 1 N–H and O–H groups in total. The van der Waals surface area contributed by atoms with Crippen LogP contribution in [0.25, 0.3) is 0 Å². The summed E-state index contributed by atoms with van der Waals surface area (Å²) in [4.78, 5) is 32.2. The zero-order valence-electron chi connectivity index (χ0n) is 14.9. The lowest BCUT2D eigenvalue weighted by molar-refractivity contribution is -0.137. The van der Waals surface area contributed by atoms with Crippen molar-refractivity contribution in [3.8, 4) is 0 Å². The second-order valence-corrected chi connectivity index (χ2v) is 6.45. The zero-order chi connectivity index (χ0) is 19.7. The maximum absolute atomic E-state index is 13.2. The van der Waals surface area contributed by atoms with Crippen molar-refractivity contribution in [2.75, 3.05) is 37.7 Å². The molecule has 2 fully saturated rings. The van der Waals surface area contributed by atoms with E-state index in [-0.39, 0.29) is 19.0 Å². The number of anilines is 1. The molecule has 0 bridgehead atoms. The number of hydrogen-bond donors (Lipinski definition) is 1. The zero-order valence-corrected chi connectivity index (χ0v) is 14.9. The number of alkyl halides is 3. The fraction of sp³-hybridized carbons (Fsp3) is 0.588. The molecule has 27 heavy (non-hydrogen) atoms. The van der Waals surface area contributed by atoms with Crippen LogP contribution in [0.1, 0.15) is 25.3 Å². The summed E-state index contributed by atoms with van der Waals surface area (Å²) < 4.78 is 44.4. The summed E-state index contributed by atoms with van der Waals surface area (Å²) in [6.45, 7) is 3.78. The number of amides is 3. The molecular formula is C17H21F3N4O3. The minimum Gasteiger partial charge on any atom is -0.380 e. The molecule has 2 aliphatic rings. The Balaban J connectivity index is 1.97. The molecule has 148 valence electrons. The van der Waals surface area contributed by atoms with E-state index in [0.717, 1.165) is 23.2 Å². The molecular weight excluding hydrogens is 365 g/mol. The number of nitrogens with one attached hydrogen (secondary N) is 1. The molecule has 1 aromatic heterocycles. The van der Waals surface area contributed by atoms with Crippen LogP contribution < -0.4 is 10.2 Å². The van der Waals surface area contributed by atoms with Crippen LogP contribution in [0.5, 0.6) is 0 Å². The Hall–Kier alpha value is -2.20. The van der Waals surface area contributed by atoms with Crippen LogP contribution in [0.15, 0.2) is 18.3 Å². The third-order valence-corrected chi connectivity index (χ3v) is 4.94. The number of nitrogens with zero attached hydrogens (tertiary/aromatic N) is 3. The topological polar surface area (TPSA) is 74.8 Å². The highest BCUT2D eigenvalue weighted by molar-refractivity contribution is 6.22. The van der Waals surface area contributed by atoms with Gasteiger partial charge in [-0.2, -0.15) is 13.2 Å². The van der Waals surface area contributed by atoms with Crippen LogP contribution in [0.2, 0.25) is 0 Å². The number of urea groups is 1. The van der Waals surface area contributed by atoms with E-state index >= 15 is 0 Å². The number of pyridine rings is 1. The normalized spacial score (nSPS) is 20.0. The third kappa shape index (κ3) is 3.51. The number of imide groups is 1. The molecule has 0 aromatic carbocycles. The molecule has 7 nitrogen and oxygen atoms in total. The van der Waals surface area contributed by atoms with Crippen LogP contribution >= 0.6 is 0 Å². The Morgan fingerprint density at radius 3 is 2.63 bits per heavy atom. The van der Waals surface area contributed by atoms with Crippen molar-refractivity contribution < 1.29 is 27.5 Å². The van der Waals surface area contributed by atoms with Crippen molar-refractivity contribution in [3.05, 3.63) is 23.9 Å². The molecule has 3 rings (SSSR count). The van der Waals surface area contributed by atoms with Gasteiger partial charge in [-0.15, -0.1) is 0 Å². The Morgan fingerprint density at radius 1 is 1.30 bits per heavy atom. The van der Waals surface area contributed by atoms with E-state index in [4.69, 9.17) is 4.74 Å². The second kappa shape index (κ2) is 7.43. The molecule has 10 heteroatoms. The first-order valence-corrected chi connectivity index (χ1v) is 8.79. The highest BCUT2D eigenvalue weighted by Gasteiger charge is 2.58. The summed E-state index contributed by atoms with van der Waals surface area (Å²) >= 11 is 0. The Kier molecular flexibility index (Phi) is 5.38. The fourth-order valence-corrected chi connectivity index (χ4v) is 3.57. The molecule has 3 amide bonds. The molecule has 3 heterocycles. The molecule has 2 saturated heterocycles. The van der Waals surface area contributed by atoms with Gasteiger partial charge >= 0.3 is 12.2 Å². The van der Waals surface area contributed by atoms with Crippen molar-refractivity contribution >= 4 is 17.8 Å². The maximum Gasteiger partial charge on any atom is 0.416 e. The average Bonchev–Trinajstić information content (AvgIpc) is 2.83. The van der Waals surface area contributed by atoms with Gasteiger partial charge in [0.05, 0.1) is 12.2 Å². The first kappa shape index (κ1) is 19.6. The summed E-state index contributed by atoms with van der Waals surface area (Å²) in [6, 6.07) is 0.881. The number of carbonyl (C=O) groups is 2. The van der Waals surface area contributed by atoms with Crippen LogP contribution in [0.4, 0.5) is 23.8 Å². The molecule has 0 atom stereocenters. The Bertz CT molecular complexity index is 720. The largest absolute Gasteiger partial charge is 0.416 e. The van der Waals surface area contributed by atoms with Gasteiger partial charge in [-0.05, 0) is 45.0 Å². The van der Waals surface area contributed by atoms with Gasteiger partial charge in [0.15, 0.2) is 0 Å². The number of carbonyl (C=O) groups excluding carboxylic acids is 2. The molecule has 2 aliphatic heterocycles. The van der Waals surface area contributed by atoms with Gasteiger partial charge in [-0.25, -0.2) is 14.7 Å². The second-order valence-electron chi connectivity index (χ2n) is 6.45. The van der Waals surface area contributed by atoms with E-state index in [2.05, 4.69) is 10.3 Å². The summed E-state index contributed by atoms with van der Waals surface area (Å²) in [7, 11) is 0. The van der Waals surface area contributed by atoms with E-state index in [1.165, 1.54) is 4.90 Å². The number of halogens is 3. The fourth-order valence-electron chi connectivity index (χ4n) is 3.57. The lowest BCUT2D eigenvalue weighted by Crippen LogP contribution is -2.56. The summed E-state index contributed by atoms with van der Waals surface area (Å²) in [5.74, 6) is -0.839. The first-order valence-electron chi connectivity index (χ1n) is 8.79. The van der Waals surface area contributed by atoms with E-state index in [1.54, 1.807) is 0 Å². The maximum atomic E-state index is 13.2. The van der Waals surface area contributed by atoms with Crippen LogP contribution in [0, 0.1) is 0 Å². The number of ether oxygens (including phenoxy) is 1. The van der Waals surface area contributed by atoms with Gasteiger partial charge in [0.1, 0.15) is 11.4 Å². The van der Waals surface area contributed by atoms with Crippen LogP contribution in [-0.2, 0) is 15.7 Å². The van der Waals surface area contributed by atoms with Crippen LogP contribution in [0.3, 0.4) is 0 Å². The van der Waals surface area contributed by atoms with Gasteiger partial charge in [0.25, 0.3) is 5.91 Å². The summed E-state index contributed by atoms with van der Waals surface area (Å²) in [5.41, 5.74) is -2.03. The predicted molar refractivity (Wildman–Crippen MR) is 90.2 cm³/mol. The first-order chi connectivity index (χ1) is 12.8. The lowest BCUT2D eigenvalue weighted by Gasteiger charge is -2.38. The molecule has 0 saturated carbocycles. The quantitative estimate of drug-likeness (QED) is 0.619. The van der Waals surface area contributed by atoms with E-state index in [1.807, 2.05) is 6.92 Å². The number of aromatic nitrogens is 1. The van der Waals surface area contributed by atoms with Gasteiger partial charge < -0.3 is 15.0 Å².